The van der Waals surface area contributed by atoms with Gasteiger partial charge in [-0.05, 0) is 55.2 Å². The number of aryl methyl sites for hydroxylation is 2. The van der Waals surface area contributed by atoms with Crippen molar-refractivity contribution in [1.82, 2.24) is 0 Å². The van der Waals surface area contributed by atoms with Crippen LogP contribution < -0.4 is 4.74 Å². The summed E-state index contributed by atoms with van der Waals surface area (Å²) in [5.74, 6) is 0.793. The van der Waals surface area contributed by atoms with Gasteiger partial charge >= 0.3 is 0 Å². The molecule has 0 aliphatic carbocycles. The summed E-state index contributed by atoms with van der Waals surface area (Å²) in [6, 6.07) is 13.9. The second-order valence-electron chi connectivity index (χ2n) is 4.91. The van der Waals surface area contributed by atoms with E-state index in [0.717, 1.165) is 11.3 Å². The molecule has 2 aromatic rings. The summed E-state index contributed by atoms with van der Waals surface area (Å²) in [6.45, 7) is 6.50. The lowest BCUT2D eigenvalue weighted by molar-refractivity contribution is 0.198. The van der Waals surface area contributed by atoms with Crippen LogP contribution in [0.15, 0.2) is 42.5 Å². The zero-order chi connectivity index (χ0) is 13.8. The van der Waals surface area contributed by atoms with Crippen molar-refractivity contribution in [1.29, 1.82) is 0 Å². The van der Waals surface area contributed by atoms with E-state index in [4.69, 9.17) is 4.74 Å². The van der Waals surface area contributed by atoms with E-state index in [9.17, 15) is 5.11 Å². The van der Waals surface area contributed by atoms with Gasteiger partial charge in [-0.3, -0.25) is 0 Å². The molecule has 0 fully saturated rings. The molecular formula is C17H20O2. The summed E-state index contributed by atoms with van der Waals surface area (Å²) in [5, 5.41) is 9.57. The molecule has 1 N–H and O–H groups in total. The van der Waals surface area contributed by atoms with Crippen LogP contribution in [0.5, 0.6) is 5.75 Å². The Kier molecular flexibility index (Phi) is 4.23. The third kappa shape index (κ3) is 3.36. The summed E-state index contributed by atoms with van der Waals surface area (Å²) in [7, 11) is 0. The van der Waals surface area contributed by atoms with Crippen LogP contribution in [0.25, 0.3) is 0 Å². The van der Waals surface area contributed by atoms with Crippen molar-refractivity contribution in [3.05, 3.63) is 64.7 Å². The van der Waals surface area contributed by atoms with Gasteiger partial charge in [-0.2, -0.15) is 0 Å². The highest BCUT2D eigenvalue weighted by Gasteiger charge is 2.05. The molecule has 0 spiro atoms. The maximum Gasteiger partial charge on any atom is 0.120 e. The van der Waals surface area contributed by atoms with E-state index in [2.05, 4.69) is 32.0 Å². The largest absolute Gasteiger partial charge is 0.489 e. The fourth-order valence-electron chi connectivity index (χ4n) is 2.10. The summed E-state index contributed by atoms with van der Waals surface area (Å²) in [4.78, 5) is 0. The molecule has 2 rings (SSSR count). The molecule has 0 saturated carbocycles. The van der Waals surface area contributed by atoms with Crippen molar-refractivity contribution in [2.24, 2.45) is 0 Å². The van der Waals surface area contributed by atoms with E-state index in [1.807, 2.05) is 24.3 Å². The predicted molar refractivity (Wildman–Crippen MR) is 77.3 cm³/mol. The van der Waals surface area contributed by atoms with Crippen LogP contribution in [-0.2, 0) is 6.61 Å². The molecule has 0 aliphatic rings. The van der Waals surface area contributed by atoms with E-state index < -0.39 is 6.10 Å². The van der Waals surface area contributed by atoms with Crippen LogP contribution in [0.4, 0.5) is 0 Å². The van der Waals surface area contributed by atoms with E-state index in [-0.39, 0.29) is 0 Å². The van der Waals surface area contributed by atoms with Crippen molar-refractivity contribution < 1.29 is 9.84 Å². The van der Waals surface area contributed by atoms with Crippen molar-refractivity contribution >= 4 is 0 Å². The molecule has 0 amide bonds. The minimum Gasteiger partial charge on any atom is -0.489 e. The van der Waals surface area contributed by atoms with Crippen LogP contribution in [-0.4, -0.2) is 5.11 Å². The predicted octanol–water partition coefficient (Wildman–Crippen LogP) is 3.94. The van der Waals surface area contributed by atoms with Crippen LogP contribution in [0.1, 0.15) is 35.3 Å². The molecule has 0 radical (unpaired) electrons. The fourth-order valence-corrected chi connectivity index (χ4v) is 2.10. The fraction of sp³-hybridized carbons (Fsp3) is 0.294. The molecule has 100 valence electrons. The van der Waals surface area contributed by atoms with E-state index in [0.29, 0.717) is 6.61 Å². The maximum atomic E-state index is 9.57. The van der Waals surface area contributed by atoms with Crippen LogP contribution in [0.2, 0.25) is 0 Å². The molecule has 0 aromatic heterocycles. The Morgan fingerprint density at radius 1 is 1.05 bits per heavy atom. The first kappa shape index (κ1) is 13.6. The average Bonchev–Trinajstić information content (AvgIpc) is 2.38. The lowest BCUT2D eigenvalue weighted by Gasteiger charge is -2.13. The molecule has 19 heavy (non-hydrogen) atoms. The topological polar surface area (TPSA) is 29.5 Å². The third-order valence-electron chi connectivity index (χ3n) is 3.37. The number of aliphatic hydroxyl groups is 1. The highest BCUT2D eigenvalue weighted by molar-refractivity contribution is 5.34. The molecule has 2 nitrogen and oxygen atoms in total. The van der Waals surface area contributed by atoms with Gasteiger partial charge in [0.2, 0.25) is 0 Å². The Balaban J connectivity index is 2.12. The second-order valence-corrected chi connectivity index (χ2v) is 4.91. The molecule has 1 atom stereocenters. The lowest BCUT2D eigenvalue weighted by Crippen LogP contribution is -2.01. The van der Waals surface area contributed by atoms with Gasteiger partial charge < -0.3 is 9.84 Å². The first-order chi connectivity index (χ1) is 9.08. The summed E-state index contributed by atoms with van der Waals surface area (Å²) in [5.41, 5.74) is 4.59. The van der Waals surface area contributed by atoms with Gasteiger partial charge in [0.25, 0.3) is 0 Å². The smallest absolute Gasteiger partial charge is 0.120 e. The van der Waals surface area contributed by atoms with Gasteiger partial charge in [0, 0.05) is 0 Å². The monoisotopic (exact) mass is 256 g/mol. The first-order valence-corrected chi connectivity index (χ1v) is 6.54. The molecule has 0 aliphatic heterocycles. The van der Waals surface area contributed by atoms with Crippen molar-refractivity contribution in [3.8, 4) is 5.75 Å². The SMILES string of the molecule is Cc1cccc(C)c1COc1cccc([C@H](C)O)c1. The quantitative estimate of drug-likeness (QED) is 0.898. The van der Waals surface area contributed by atoms with Gasteiger partial charge in [0.05, 0.1) is 6.10 Å². The second kappa shape index (κ2) is 5.89. The van der Waals surface area contributed by atoms with Gasteiger partial charge in [-0.15, -0.1) is 0 Å². The van der Waals surface area contributed by atoms with Crippen molar-refractivity contribution in [2.45, 2.75) is 33.5 Å². The Morgan fingerprint density at radius 3 is 2.32 bits per heavy atom. The van der Waals surface area contributed by atoms with Gasteiger partial charge in [-0.1, -0.05) is 30.3 Å². The molecular weight excluding hydrogens is 236 g/mol. The molecule has 0 unspecified atom stereocenters. The number of aliphatic hydroxyl groups excluding tert-OH is 1. The van der Waals surface area contributed by atoms with Gasteiger partial charge in [0.1, 0.15) is 12.4 Å². The van der Waals surface area contributed by atoms with Crippen LogP contribution in [0.3, 0.4) is 0 Å². The highest BCUT2D eigenvalue weighted by Crippen LogP contribution is 2.21. The molecule has 2 heteroatoms. The molecule has 0 bridgehead atoms. The van der Waals surface area contributed by atoms with Gasteiger partial charge in [-0.25, -0.2) is 0 Å². The summed E-state index contributed by atoms with van der Waals surface area (Å²) >= 11 is 0. The van der Waals surface area contributed by atoms with Crippen LogP contribution in [0, 0.1) is 13.8 Å². The summed E-state index contributed by atoms with van der Waals surface area (Å²) in [6.07, 6.45) is -0.469. The molecule has 0 heterocycles. The third-order valence-corrected chi connectivity index (χ3v) is 3.37. The Labute approximate surface area is 114 Å². The minimum atomic E-state index is -0.469. The molecule has 2 aromatic carbocycles. The first-order valence-electron chi connectivity index (χ1n) is 6.54. The van der Waals surface area contributed by atoms with Crippen LogP contribution >= 0.6 is 0 Å². The Bertz CT molecular complexity index is 539. The van der Waals surface area contributed by atoms with E-state index >= 15 is 0 Å². The Hall–Kier alpha value is -1.80. The number of ether oxygens (including phenoxy) is 1. The highest BCUT2D eigenvalue weighted by atomic mass is 16.5. The van der Waals surface area contributed by atoms with E-state index in [1.165, 1.54) is 16.7 Å². The van der Waals surface area contributed by atoms with Gasteiger partial charge in [0.15, 0.2) is 0 Å². The number of hydrogen-bond donors (Lipinski definition) is 1. The average molecular weight is 256 g/mol. The summed E-state index contributed by atoms with van der Waals surface area (Å²) < 4.78 is 5.83. The lowest BCUT2D eigenvalue weighted by atomic mass is 10.0. The number of rotatable bonds is 4. The number of benzene rings is 2. The minimum absolute atomic E-state index is 0.469. The maximum absolute atomic E-state index is 9.57. The number of hydrogen-bond acceptors (Lipinski definition) is 2. The van der Waals surface area contributed by atoms with E-state index in [1.54, 1.807) is 6.92 Å². The zero-order valence-electron chi connectivity index (χ0n) is 11.7. The normalized spacial score (nSPS) is 12.2. The standard InChI is InChI=1S/C17H20O2/c1-12-6-4-7-13(2)17(12)11-19-16-9-5-8-15(10-16)14(3)18/h4-10,14,18H,11H2,1-3H3/t14-/m0/s1. The molecule has 0 saturated heterocycles. The Morgan fingerprint density at radius 2 is 1.68 bits per heavy atom. The van der Waals surface area contributed by atoms with Crippen molar-refractivity contribution in [3.63, 3.8) is 0 Å². The zero-order valence-corrected chi connectivity index (χ0v) is 11.7. The van der Waals surface area contributed by atoms with Crippen molar-refractivity contribution in [2.75, 3.05) is 0 Å².